The van der Waals surface area contributed by atoms with E-state index in [0.29, 0.717) is 47.6 Å². The number of para-hydroxylation sites is 1. The number of furan rings is 1. The molecule has 0 bridgehead atoms. The highest BCUT2D eigenvalue weighted by molar-refractivity contribution is 6.16. The Morgan fingerprint density at radius 2 is 1.92 bits per heavy atom. The van der Waals surface area contributed by atoms with Gasteiger partial charge < -0.3 is 28.8 Å². The number of aliphatic hydroxyl groups excluding tert-OH is 1. The average Bonchev–Trinajstić information content (AvgIpc) is 3.42. The summed E-state index contributed by atoms with van der Waals surface area (Å²) in [6, 6.07) is 13.5. The van der Waals surface area contributed by atoms with Gasteiger partial charge in [0.1, 0.15) is 5.75 Å². The molecule has 1 amide bonds. The number of rotatable bonds is 11. The number of amides is 1. The molecule has 0 fully saturated rings. The number of fused-ring (bicyclic) bond motifs is 1. The Bertz CT molecular complexity index is 1270. The number of ether oxygens (including phenoxy) is 2. The minimum Gasteiger partial charge on any atom is -0.503 e. The van der Waals surface area contributed by atoms with Crippen LogP contribution in [0.1, 0.15) is 41.9 Å². The van der Waals surface area contributed by atoms with Gasteiger partial charge in [-0.05, 0) is 63.3 Å². The summed E-state index contributed by atoms with van der Waals surface area (Å²) < 4.78 is 16.9. The van der Waals surface area contributed by atoms with Crippen molar-refractivity contribution in [2.24, 2.45) is 0 Å². The first kappa shape index (κ1) is 25.3. The summed E-state index contributed by atoms with van der Waals surface area (Å²) >= 11 is 0. The second kappa shape index (κ2) is 10.9. The van der Waals surface area contributed by atoms with Crippen LogP contribution in [0.25, 0.3) is 11.0 Å². The molecule has 8 nitrogen and oxygen atoms in total. The van der Waals surface area contributed by atoms with E-state index in [4.69, 9.17) is 13.9 Å². The third-order valence-corrected chi connectivity index (χ3v) is 6.17. The molecule has 0 saturated heterocycles. The van der Waals surface area contributed by atoms with Crippen molar-refractivity contribution in [3.63, 3.8) is 0 Å². The molecule has 1 atom stereocenters. The lowest BCUT2D eigenvalue weighted by molar-refractivity contribution is -0.129. The third kappa shape index (κ3) is 4.95. The standard InChI is InChI=1S/C28H32N2O6/c1-5-16-35-20-12-10-18(11-13-20)24-23(26(32)28(33)30(24)15-7-14-29(2)3)25(31)22-17-19-8-6-9-21(34-4)27(19)36-22/h6,8-13,17,24,32H,5,7,14-16H2,1-4H3. The molecule has 36 heavy (non-hydrogen) atoms. The Kier molecular flexibility index (Phi) is 7.64. The summed E-state index contributed by atoms with van der Waals surface area (Å²) in [6.07, 6.45) is 1.57. The number of methoxy groups -OCH3 is 1. The molecule has 4 rings (SSSR count). The molecule has 2 aromatic carbocycles. The minimum atomic E-state index is -0.748. The highest BCUT2D eigenvalue weighted by Crippen LogP contribution is 2.40. The zero-order valence-corrected chi connectivity index (χ0v) is 21.1. The lowest BCUT2D eigenvalue weighted by atomic mass is 9.95. The minimum absolute atomic E-state index is 0.00472. The molecule has 1 unspecified atom stereocenters. The van der Waals surface area contributed by atoms with Gasteiger partial charge in [-0.3, -0.25) is 9.59 Å². The fraction of sp³-hybridized carbons (Fsp3) is 0.357. The Morgan fingerprint density at radius 1 is 1.17 bits per heavy atom. The first-order chi connectivity index (χ1) is 17.3. The number of Topliss-reactive ketones (excluding diaryl/α,β-unsaturated/α-hetero) is 1. The van der Waals surface area contributed by atoms with Gasteiger partial charge in [-0.25, -0.2) is 0 Å². The van der Waals surface area contributed by atoms with Gasteiger partial charge in [0, 0.05) is 11.9 Å². The van der Waals surface area contributed by atoms with E-state index in [1.807, 2.05) is 56.3 Å². The lowest BCUT2D eigenvalue weighted by Gasteiger charge is -2.27. The first-order valence-electron chi connectivity index (χ1n) is 12.1. The fourth-order valence-electron chi connectivity index (χ4n) is 4.43. The number of benzene rings is 2. The van der Waals surface area contributed by atoms with Gasteiger partial charge in [0.2, 0.25) is 5.78 Å². The van der Waals surface area contributed by atoms with Crippen molar-refractivity contribution in [3.8, 4) is 11.5 Å². The Morgan fingerprint density at radius 3 is 2.58 bits per heavy atom. The number of carbonyl (C=O) groups is 2. The van der Waals surface area contributed by atoms with Crippen molar-refractivity contribution in [2.75, 3.05) is 40.9 Å². The maximum Gasteiger partial charge on any atom is 0.290 e. The summed E-state index contributed by atoms with van der Waals surface area (Å²) in [5.74, 6) is -0.417. The van der Waals surface area contributed by atoms with Crippen molar-refractivity contribution >= 4 is 22.7 Å². The van der Waals surface area contributed by atoms with Gasteiger partial charge in [0.15, 0.2) is 22.9 Å². The van der Waals surface area contributed by atoms with E-state index in [-0.39, 0.29) is 11.3 Å². The van der Waals surface area contributed by atoms with Crippen LogP contribution in [0.5, 0.6) is 11.5 Å². The summed E-state index contributed by atoms with van der Waals surface area (Å²) in [5, 5.41) is 11.6. The van der Waals surface area contributed by atoms with Crippen LogP contribution in [0.15, 0.2) is 64.3 Å². The van der Waals surface area contributed by atoms with Crippen LogP contribution in [0.3, 0.4) is 0 Å². The summed E-state index contributed by atoms with van der Waals surface area (Å²) in [7, 11) is 5.44. The smallest absolute Gasteiger partial charge is 0.290 e. The molecule has 0 spiro atoms. The van der Waals surface area contributed by atoms with E-state index in [0.717, 1.165) is 13.0 Å². The molecule has 3 aromatic rings. The number of aliphatic hydroxyl groups is 1. The molecule has 190 valence electrons. The zero-order chi connectivity index (χ0) is 25.8. The monoisotopic (exact) mass is 492 g/mol. The first-order valence-corrected chi connectivity index (χ1v) is 12.1. The van der Waals surface area contributed by atoms with Gasteiger partial charge in [0.25, 0.3) is 5.91 Å². The molecule has 1 N–H and O–H groups in total. The molecule has 0 saturated carbocycles. The van der Waals surface area contributed by atoms with E-state index in [1.165, 1.54) is 7.11 Å². The van der Waals surface area contributed by atoms with Crippen LogP contribution in [-0.2, 0) is 4.79 Å². The normalized spacial score (nSPS) is 15.9. The van der Waals surface area contributed by atoms with Crippen molar-refractivity contribution in [1.29, 1.82) is 0 Å². The van der Waals surface area contributed by atoms with Crippen molar-refractivity contribution in [1.82, 2.24) is 9.80 Å². The number of nitrogens with zero attached hydrogens (tertiary/aromatic N) is 2. The van der Waals surface area contributed by atoms with Crippen molar-refractivity contribution in [2.45, 2.75) is 25.8 Å². The van der Waals surface area contributed by atoms with Crippen LogP contribution in [0, 0.1) is 0 Å². The quantitative estimate of drug-likeness (QED) is 0.386. The lowest BCUT2D eigenvalue weighted by Crippen LogP contribution is -2.33. The predicted octanol–water partition coefficient (Wildman–Crippen LogP) is 4.76. The topological polar surface area (TPSA) is 92.4 Å². The molecule has 1 aliphatic rings. The molecule has 0 aliphatic carbocycles. The maximum absolute atomic E-state index is 13.7. The summed E-state index contributed by atoms with van der Waals surface area (Å²) in [5.41, 5.74) is 1.15. The largest absolute Gasteiger partial charge is 0.503 e. The number of hydrogen-bond donors (Lipinski definition) is 1. The van der Waals surface area contributed by atoms with E-state index in [9.17, 15) is 14.7 Å². The number of hydrogen-bond acceptors (Lipinski definition) is 7. The second-order valence-corrected chi connectivity index (χ2v) is 9.06. The fourth-order valence-corrected chi connectivity index (χ4v) is 4.43. The van der Waals surface area contributed by atoms with Gasteiger partial charge in [0.05, 0.1) is 25.3 Å². The SMILES string of the molecule is CCCOc1ccc(C2C(C(=O)c3cc4cccc(OC)c4o3)=C(O)C(=O)N2CCCN(C)C)cc1. The number of carbonyl (C=O) groups excluding carboxylic acids is 2. The van der Waals surface area contributed by atoms with Crippen LogP contribution in [-0.4, -0.2) is 67.5 Å². The molecule has 1 aromatic heterocycles. The van der Waals surface area contributed by atoms with Crippen LogP contribution < -0.4 is 9.47 Å². The Labute approximate surface area is 210 Å². The molecular formula is C28H32N2O6. The average molecular weight is 493 g/mol. The van der Waals surface area contributed by atoms with Crippen LogP contribution in [0.2, 0.25) is 0 Å². The van der Waals surface area contributed by atoms with E-state index >= 15 is 0 Å². The van der Waals surface area contributed by atoms with Crippen LogP contribution in [0.4, 0.5) is 0 Å². The maximum atomic E-state index is 13.7. The molecular weight excluding hydrogens is 460 g/mol. The van der Waals surface area contributed by atoms with Gasteiger partial charge >= 0.3 is 0 Å². The van der Waals surface area contributed by atoms with Crippen LogP contribution >= 0.6 is 0 Å². The molecule has 2 heterocycles. The van der Waals surface area contributed by atoms with Gasteiger partial charge in [-0.2, -0.15) is 0 Å². The predicted molar refractivity (Wildman–Crippen MR) is 137 cm³/mol. The Balaban J connectivity index is 1.73. The molecule has 0 radical (unpaired) electrons. The number of ketones is 1. The third-order valence-electron chi connectivity index (χ3n) is 6.17. The van der Waals surface area contributed by atoms with E-state index in [1.54, 1.807) is 23.1 Å². The van der Waals surface area contributed by atoms with Gasteiger partial charge in [-0.1, -0.05) is 31.2 Å². The van der Waals surface area contributed by atoms with E-state index in [2.05, 4.69) is 0 Å². The summed E-state index contributed by atoms with van der Waals surface area (Å²) in [4.78, 5) is 30.5. The highest BCUT2D eigenvalue weighted by atomic mass is 16.5. The van der Waals surface area contributed by atoms with Gasteiger partial charge in [-0.15, -0.1) is 0 Å². The van der Waals surface area contributed by atoms with Crippen molar-refractivity contribution < 1.29 is 28.6 Å². The molecule has 8 heteroatoms. The molecule has 1 aliphatic heterocycles. The zero-order valence-electron chi connectivity index (χ0n) is 21.1. The second-order valence-electron chi connectivity index (χ2n) is 9.06. The highest BCUT2D eigenvalue weighted by Gasteiger charge is 2.44. The Hall–Kier alpha value is -3.78. The van der Waals surface area contributed by atoms with E-state index < -0.39 is 23.5 Å². The summed E-state index contributed by atoms with van der Waals surface area (Å²) in [6.45, 7) is 3.76. The van der Waals surface area contributed by atoms with Crippen molar-refractivity contribution in [3.05, 3.63) is 71.2 Å².